The summed E-state index contributed by atoms with van der Waals surface area (Å²) in [6.07, 6.45) is 0.855. The Morgan fingerprint density at radius 2 is 2.08 bits per heavy atom. The summed E-state index contributed by atoms with van der Waals surface area (Å²) >= 11 is 4.92. The molecular weight excluding hydrogens is 184 g/mol. The average molecular weight is 195 g/mol. The van der Waals surface area contributed by atoms with Crippen LogP contribution in [0.2, 0.25) is 0 Å². The van der Waals surface area contributed by atoms with Gasteiger partial charge < -0.3 is 9.84 Å². The van der Waals surface area contributed by atoms with E-state index in [0.29, 0.717) is 6.42 Å². The fraction of sp³-hybridized carbons (Fsp3) is 0.714. The lowest BCUT2D eigenvalue weighted by atomic mass is 10.0. The second kappa shape index (κ2) is 4.30. The summed E-state index contributed by atoms with van der Waals surface area (Å²) in [5.41, 5.74) is -2.58. The highest BCUT2D eigenvalue weighted by Gasteiger charge is 2.35. The van der Waals surface area contributed by atoms with Gasteiger partial charge in [0.1, 0.15) is 0 Å². The summed E-state index contributed by atoms with van der Waals surface area (Å²) in [7, 11) is 0. The minimum absolute atomic E-state index is 0.251. The smallest absolute Gasteiger partial charge is 0.404 e. The first-order chi connectivity index (χ1) is 5.42. The SMILES string of the molecule is CCCC(C)(OC(=O)Cl)C(=O)O. The van der Waals surface area contributed by atoms with E-state index in [9.17, 15) is 9.59 Å². The molecule has 0 aromatic rings. The first-order valence-corrected chi connectivity index (χ1v) is 3.92. The van der Waals surface area contributed by atoms with Gasteiger partial charge in [-0.05, 0) is 13.3 Å². The van der Waals surface area contributed by atoms with E-state index in [1.807, 2.05) is 0 Å². The molecule has 0 aliphatic heterocycles. The third-order valence-corrected chi connectivity index (χ3v) is 1.56. The second-order valence-corrected chi connectivity index (χ2v) is 2.93. The molecule has 0 bridgehead atoms. The van der Waals surface area contributed by atoms with Crippen LogP contribution in [-0.4, -0.2) is 22.1 Å². The molecule has 0 aliphatic carbocycles. The molecule has 1 unspecified atom stereocenters. The van der Waals surface area contributed by atoms with Crippen LogP contribution in [0.25, 0.3) is 0 Å². The summed E-state index contributed by atoms with van der Waals surface area (Å²) in [6, 6.07) is 0. The molecule has 0 saturated heterocycles. The lowest BCUT2D eigenvalue weighted by Crippen LogP contribution is -2.38. The molecule has 1 N–H and O–H groups in total. The van der Waals surface area contributed by atoms with Gasteiger partial charge in [-0.3, -0.25) is 0 Å². The van der Waals surface area contributed by atoms with Crippen LogP contribution < -0.4 is 0 Å². The van der Waals surface area contributed by atoms with Gasteiger partial charge in [-0.2, -0.15) is 0 Å². The summed E-state index contributed by atoms with van der Waals surface area (Å²) in [4.78, 5) is 20.9. The van der Waals surface area contributed by atoms with Gasteiger partial charge in [-0.1, -0.05) is 13.3 Å². The molecule has 4 nitrogen and oxygen atoms in total. The Morgan fingerprint density at radius 1 is 1.58 bits per heavy atom. The molecule has 0 aromatic heterocycles. The molecule has 0 radical (unpaired) electrons. The topological polar surface area (TPSA) is 63.6 Å². The number of halogens is 1. The van der Waals surface area contributed by atoms with Gasteiger partial charge in [0.05, 0.1) is 0 Å². The van der Waals surface area contributed by atoms with Crippen molar-refractivity contribution in [2.45, 2.75) is 32.3 Å². The van der Waals surface area contributed by atoms with Crippen molar-refractivity contribution in [1.82, 2.24) is 0 Å². The summed E-state index contributed by atoms with van der Waals surface area (Å²) < 4.78 is 4.47. The molecule has 5 heteroatoms. The summed E-state index contributed by atoms with van der Waals surface area (Å²) in [5, 5.41) is 8.68. The number of carboxylic acid groups (broad SMARTS) is 1. The Balaban J connectivity index is 4.38. The molecule has 70 valence electrons. The van der Waals surface area contributed by atoms with Gasteiger partial charge in [0.15, 0.2) is 0 Å². The molecule has 0 aliphatic rings. The molecule has 1 atom stereocenters. The Labute approximate surface area is 75.5 Å². The zero-order valence-electron chi connectivity index (χ0n) is 6.96. The highest BCUT2D eigenvalue weighted by Crippen LogP contribution is 2.19. The van der Waals surface area contributed by atoms with Crippen LogP contribution in [0.3, 0.4) is 0 Å². The Kier molecular flexibility index (Phi) is 4.03. The van der Waals surface area contributed by atoms with Crippen LogP contribution in [0.15, 0.2) is 0 Å². The van der Waals surface area contributed by atoms with Crippen LogP contribution >= 0.6 is 11.6 Å². The van der Waals surface area contributed by atoms with Crippen LogP contribution in [0.4, 0.5) is 4.79 Å². The lowest BCUT2D eigenvalue weighted by molar-refractivity contribution is -0.156. The first-order valence-electron chi connectivity index (χ1n) is 3.54. The molecule has 0 aromatic carbocycles. The van der Waals surface area contributed by atoms with Crippen molar-refractivity contribution in [2.24, 2.45) is 0 Å². The third kappa shape index (κ3) is 3.09. The Bertz CT molecular complexity index is 192. The van der Waals surface area contributed by atoms with E-state index in [4.69, 9.17) is 16.7 Å². The molecule has 0 spiro atoms. The number of hydrogen-bond acceptors (Lipinski definition) is 3. The van der Waals surface area contributed by atoms with Crippen molar-refractivity contribution >= 4 is 23.0 Å². The van der Waals surface area contributed by atoms with Gasteiger partial charge in [-0.25, -0.2) is 9.59 Å². The van der Waals surface area contributed by atoms with Crippen molar-refractivity contribution in [3.05, 3.63) is 0 Å². The van der Waals surface area contributed by atoms with Gasteiger partial charge >= 0.3 is 11.4 Å². The quantitative estimate of drug-likeness (QED) is 0.696. The largest absolute Gasteiger partial charge is 0.478 e. The van der Waals surface area contributed by atoms with E-state index in [1.54, 1.807) is 6.92 Å². The Hall–Kier alpha value is -0.770. The number of carbonyl (C=O) groups excluding carboxylic acids is 1. The number of ether oxygens (including phenoxy) is 1. The summed E-state index contributed by atoms with van der Waals surface area (Å²) in [6.45, 7) is 3.11. The zero-order valence-corrected chi connectivity index (χ0v) is 7.72. The number of hydrogen-bond donors (Lipinski definition) is 1. The van der Waals surface area contributed by atoms with E-state index in [-0.39, 0.29) is 6.42 Å². The van der Waals surface area contributed by atoms with Gasteiger partial charge in [0.25, 0.3) is 0 Å². The van der Waals surface area contributed by atoms with Crippen molar-refractivity contribution in [1.29, 1.82) is 0 Å². The molecular formula is C7H11ClO4. The van der Waals surface area contributed by atoms with Crippen molar-refractivity contribution in [3.8, 4) is 0 Å². The van der Waals surface area contributed by atoms with E-state index in [1.165, 1.54) is 6.92 Å². The third-order valence-electron chi connectivity index (χ3n) is 1.48. The Morgan fingerprint density at radius 3 is 2.33 bits per heavy atom. The van der Waals surface area contributed by atoms with E-state index in [2.05, 4.69) is 4.74 Å². The van der Waals surface area contributed by atoms with Crippen molar-refractivity contribution in [3.63, 3.8) is 0 Å². The number of carboxylic acids is 1. The monoisotopic (exact) mass is 194 g/mol. The normalized spacial score (nSPS) is 14.9. The van der Waals surface area contributed by atoms with E-state index in [0.717, 1.165) is 0 Å². The predicted molar refractivity (Wildman–Crippen MR) is 43.3 cm³/mol. The maximum Gasteiger partial charge on any atom is 0.404 e. The first kappa shape index (κ1) is 11.2. The molecule has 12 heavy (non-hydrogen) atoms. The molecule has 0 saturated carbocycles. The maximum absolute atomic E-state index is 10.6. The van der Waals surface area contributed by atoms with E-state index >= 15 is 0 Å². The number of rotatable bonds is 4. The standard InChI is InChI=1S/C7H11ClO4/c1-3-4-7(2,5(9)10)12-6(8)11/h3-4H2,1-2H3,(H,9,10). The van der Waals surface area contributed by atoms with Crippen LogP contribution in [0, 0.1) is 0 Å². The molecule has 0 fully saturated rings. The summed E-state index contributed by atoms with van der Waals surface area (Å²) in [5.74, 6) is -1.18. The lowest BCUT2D eigenvalue weighted by Gasteiger charge is -2.22. The highest BCUT2D eigenvalue weighted by molar-refractivity contribution is 6.61. The second-order valence-electron chi connectivity index (χ2n) is 2.63. The fourth-order valence-electron chi connectivity index (χ4n) is 0.856. The number of carbonyl (C=O) groups is 2. The minimum Gasteiger partial charge on any atom is -0.478 e. The maximum atomic E-state index is 10.6. The van der Waals surface area contributed by atoms with Gasteiger partial charge in [0.2, 0.25) is 5.60 Å². The number of aliphatic carboxylic acids is 1. The van der Waals surface area contributed by atoms with Gasteiger partial charge in [0, 0.05) is 11.6 Å². The van der Waals surface area contributed by atoms with E-state index < -0.39 is 17.0 Å². The van der Waals surface area contributed by atoms with Crippen molar-refractivity contribution in [2.75, 3.05) is 0 Å². The van der Waals surface area contributed by atoms with Crippen LogP contribution in [0.1, 0.15) is 26.7 Å². The molecule has 0 heterocycles. The van der Waals surface area contributed by atoms with Gasteiger partial charge in [-0.15, -0.1) is 0 Å². The molecule has 0 rings (SSSR count). The zero-order chi connectivity index (χ0) is 9.78. The molecule has 0 amide bonds. The average Bonchev–Trinajstić information content (AvgIpc) is 1.85. The fourth-order valence-corrected chi connectivity index (χ4v) is 1.03. The minimum atomic E-state index is -1.49. The predicted octanol–water partition coefficient (Wildman–Crippen LogP) is 2.01. The van der Waals surface area contributed by atoms with Crippen LogP contribution in [0.5, 0.6) is 0 Å². The van der Waals surface area contributed by atoms with Crippen LogP contribution in [-0.2, 0) is 9.53 Å². The van der Waals surface area contributed by atoms with Crippen molar-refractivity contribution < 1.29 is 19.4 Å². The highest BCUT2D eigenvalue weighted by atomic mass is 35.5.